The largest absolute Gasteiger partial charge is 0.480 e. The SMILES string of the molecule is C[C@H](Oc1ccc(S(C)(=O)=O)cc1C(=O)N1C[C@@H]2C[C@]2(c2coc(C3CC3)n2)C1)C(F)(F)F. The first-order valence-electron chi connectivity index (χ1n) is 10.7. The lowest BCUT2D eigenvalue weighted by molar-refractivity contribution is -0.189. The molecule has 33 heavy (non-hydrogen) atoms. The summed E-state index contributed by atoms with van der Waals surface area (Å²) in [5.41, 5.74) is 0.280. The van der Waals surface area contributed by atoms with Crippen molar-refractivity contribution in [2.45, 2.75) is 54.7 Å². The number of amides is 1. The van der Waals surface area contributed by atoms with Gasteiger partial charge in [-0.25, -0.2) is 13.4 Å². The molecule has 1 aliphatic heterocycles. The lowest BCUT2D eigenvalue weighted by Crippen LogP contribution is -2.35. The van der Waals surface area contributed by atoms with Crippen molar-refractivity contribution in [2.24, 2.45) is 5.92 Å². The van der Waals surface area contributed by atoms with Gasteiger partial charge in [-0.1, -0.05) is 0 Å². The molecule has 5 rings (SSSR count). The second-order valence-corrected chi connectivity index (χ2v) is 11.3. The number of ether oxygens (including phenoxy) is 1. The van der Waals surface area contributed by atoms with Crippen molar-refractivity contribution in [3.63, 3.8) is 0 Å². The van der Waals surface area contributed by atoms with Gasteiger partial charge in [-0.05, 0) is 50.3 Å². The smallest absolute Gasteiger partial charge is 0.425 e. The Bertz CT molecular complexity index is 1220. The van der Waals surface area contributed by atoms with Crippen LogP contribution < -0.4 is 4.74 Å². The molecule has 2 aliphatic carbocycles. The molecule has 11 heteroatoms. The maximum absolute atomic E-state index is 13.4. The number of fused-ring (bicyclic) bond motifs is 1. The van der Waals surface area contributed by atoms with Crippen LogP contribution in [-0.4, -0.2) is 55.8 Å². The van der Waals surface area contributed by atoms with E-state index in [1.165, 1.54) is 4.90 Å². The molecular weight excluding hydrogens is 461 g/mol. The van der Waals surface area contributed by atoms with Gasteiger partial charge in [0.25, 0.3) is 5.91 Å². The lowest BCUT2D eigenvalue weighted by Gasteiger charge is -2.24. The normalized spacial score (nSPS) is 25.6. The van der Waals surface area contributed by atoms with Crippen LogP contribution >= 0.6 is 0 Å². The summed E-state index contributed by atoms with van der Waals surface area (Å²) >= 11 is 0. The summed E-state index contributed by atoms with van der Waals surface area (Å²) in [6, 6.07) is 3.34. The Hall–Kier alpha value is -2.56. The molecule has 0 spiro atoms. The fraction of sp³-hybridized carbons (Fsp3) is 0.545. The van der Waals surface area contributed by atoms with Crippen molar-refractivity contribution in [1.29, 1.82) is 0 Å². The van der Waals surface area contributed by atoms with Crippen LogP contribution in [0.5, 0.6) is 5.75 Å². The van der Waals surface area contributed by atoms with Gasteiger partial charge in [0.05, 0.1) is 16.2 Å². The third-order valence-corrected chi connectivity index (χ3v) is 7.88. The van der Waals surface area contributed by atoms with Crippen LogP contribution in [0.1, 0.15) is 54.0 Å². The predicted octanol–water partition coefficient (Wildman–Crippen LogP) is 3.70. The number of hydrogen-bond acceptors (Lipinski definition) is 6. The average molecular weight is 484 g/mol. The molecule has 0 N–H and O–H groups in total. The van der Waals surface area contributed by atoms with Crippen molar-refractivity contribution >= 4 is 15.7 Å². The fourth-order valence-corrected chi connectivity index (χ4v) is 5.15. The van der Waals surface area contributed by atoms with Gasteiger partial charge in [-0.2, -0.15) is 13.2 Å². The number of carbonyl (C=O) groups is 1. The van der Waals surface area contributed by atoms with Crippen LogP contribution in [0.15, 0.2) is 33.8 Å². The molecule has 3 atom stereocenters. The van der Waals surface area contributed by atoms with E-state index in [1.54, 1.807) is 6.26 Å². The highest BCUT2D eigenvalue weighted by Crippen LogP contribution is 2.59. The van der Waals surface area contributed by atoms with Crippen LogP contribution in [0.4, 0.5) is 13.2 Å². The molecule has 178 valence electrons. The number of benzene rings is 1. The third kappa shape index (κ3) is 4.00. The quantitative estimate of drug-likeness (QED) is 0.621. The van der Waals surface area contributed by atoms with Crippen LogP contribution in [-0.2, 0) is 15.3 Å². The van der Waals surface area contributed by atoms with E-state index in [-0.39, 0.29) is 27.5 Å². The number of hydrogen-bond donors (Lipinski definition) is 0. The molecule has 1 aromatic carbocycles. The maximum Gasteiger partial charge on any atom is 0.425 e. The van der Waals surface area contributed by atoms with Crippen LogP contribution in [0, 0.1) is 5.92 Å². The molecule has 1 saturated heterocycles. The summed E-state index contributed by atoms with van der Waals surface area (Å²) in [5.74, 6) is 0.384. The first-order chi connectivity index (χ1) is 15.4. The number of oxazole rings is 1. The first-order valence-corrected chi connectivity index (χ1v) is 12.6. The Labute approximate surface area is 188 Å². The number of sulfone groups is 1. The number of aromatic nitrogens is 1. The van der Waals surface area contributed by atoms with Gasteiger partial charge in [0.2, 0.25) is 0 Å². The average Bonchev–Trinajstić information content (AvgIpc) is 3.61. The number of carbonyl (C=O) groups excluding carboxylic acids is 1. The molecule has 1 aromatic heterocycles. The molecule has 7 nitrogen and oxygen atoms in total. The van der Waals surface area contributed by atoms with Crippen molar-refractivity contribution < 1.29 is 35.5 Å². The first kappa shape index (κ1) is 22.2. The Morgan fingerprint density at radius 1 is 1.33 bits per heavy atom. The monoisotopic (exact) mass is 484 g/mol. The van der Waals surface area contributed by atoms with Gasteiger partial charge in [0, 0.05) is 30.7 Å². The Kier molecular flexibility index (Phi) is 4.86. The zero-order chi connectivity index (χ0) is 23.8. The van der Waals surface area contributed by atoms with E-state index < -0.39 is 28.0 Å². The van der Waals surface area contributed by atoms with Gasteiger partial charge in [0.1, 0.15) is 12.0 Å². The molecule has 0 radical (unpaired) electrons. The van der Waals surface area contributed by atoms with Gasteiger partial charge in [0.15, 0.2) is 21.8 Å². The number of nitrogens with zero attached hydrogens (tertiary/aromatic N) is 2. The predicted molar refractivity (Wildman–Crippen MR) is 110 cm³/mol. The fourth-order valence-electron chi connectivity index (χ4n) is 4.51. The van der Waals surface area contributed by atoms with Gasteiger partial charge < -0.3 is 14.1 Å². The van der Waals surface area contributed by atoms with Crippen molar-refractivity contribution in [3.8, 4) is 5.75 Å². The van der Waals surface area contributed by atoms with Crippen LogP contribution in [0.2, 0.25) is 0 Å². The summed E-state index contributed by atoms with van der Waals surface area (Å²) in [4.78, 5) is 19.4. The summed E-state index contributed by atoms with van der Waals surface area (Å²) in [6.45, 7) is 1.58. The van der Waals surface area contributed by atoms with Gasteiger partial charge in [-0.3, -0.25) is 4.79 Å². The maximum atomic E-state index is 13.4. The number of likely N-dealkylation sites (tertiary alicyclic amines) is 1. The second-order valence-electron chi connectivity index (χ2n) is 9.32. The molecule has 0 unspecified atom stereocenters. The summed E-state index contributed by atoms with van der Waals surface area (Å²) in [5, 5.41) is 0. The second kappa shape index (κ2) is 7.22. The molecule has 0 bridgehead atoms. The third-order valence-electron chi connectivity index (χ3n) is 6.77. The summed E-state index contributed by atoms with van der Waals surface area (Å²) < 4.78 is 73.9. The highest BCUT2D eigenvalue weighted by molar-refractivity contribution is 7.90. The van der Waals surface area contributed by atoms with Crippen LogP contribution in [0.25, 0.3) is 0 Å². The molecule has 3 fully saturated rings. The molecule has 1 amide bonds. The zero-order valence-electron chi connectivity index (χ0n) is 18.1. The Balaban J connectivity index is 1.42. The molecule has 2 saturated carbocycles. The van der Waals surface area contributed by atoms with E-state index in [4.69, 9.17) is 9.15 Å². The van der Waals surface area contributed by atoms with E-state index in [0.717, 1.165) is 56.3 Å². The highest BCUT2D eigenvalue weighted by atomic mass is 32.2. The van der Waals surface area contributed by atoms with Gasteiger partial charge in [-0.15, -0.1) is 0 Å². The summed E-state index contributed by atoms with van der Waals surface area (Å²) in [7, 11) is -3.68. The topological polar surface area (TPSA) is 89.7 Å². The molecule has 3 aliphatic rings. The van der Waals surface area contributed by atoms with Crippen LogP contribution in [0.3, 0.4) is 0 Å². The number of piperidine rings is 1. The molecular formula is C22H23F3N2O5S. The lowest BCUT2D eigenvalue weighted by atomic mass is 10.0. The van der Waals surface area contributed by atoms with E-state index in [9.17, 15) is 26.4 Å². The van der Waals surface area contributed by atoms with E-state index >= 15 is 0 Å². The van der Waals surface area contributed by atoms with E-state index in [1.807, 2.05) is 0 Å². The minimum atomic E-state index is -4.64. The highest BCUT2D eigenvalue weighted by Gasteiger charge is 2.63. The minimum absolute atomic E-state index is 0.164. The number of halogens is 3. The number of alkyl halides is 3. The Morgan fingerprint density at radius 2 is 2.06 bits per heavy atom. The standard InChI is InChI=1S/C22H23F3N2O5S/c1-12(22(23,24)25)32-17-6-5-15(33(2,29)30)7-16(17)20(28)27-9-14-8-21(14,11-27)18-10-31-19(26-18)13-3-4-13/h5-7,10,12-14H,3-4,8-9,11H2,1-2H3/t12-,14-,21-/m0/s1. The summed E-state index contributed by atoms with van der Waals surface area (Å²) in [6.07, 6.45) is -1.23. The molecule has 2 heterocycles. The van der Waals surface area contributed by atoms with Crippen molar-refractivity contribution in [1.82, 2.24) is 9.88 Å². The van der Waals surface area contributed by atoms with E-state index in [2.05, 4.69) is 4.98 Å². The van der Waals surface area contributed by atoms with Crippen molar-refractivity contribution in [3.05, 3.63) is 41.6 Å². The Morgan fingerprint density at radius 3 is 2.70 bits per heavy atom. The number of rotatable bonds is 6. The van der Waals surface area contributed by atoms with E-state index in [0.29, 0.717) is 24.9 Å². The molecule has 2 aromatic rings. The minimum Gasteiger partial charge on any atom is -0.480 e. The van der Waals surface area contributed by atoms with Gasteiger partial charge >= 0.3 is 6.18 Å². The van der Waals surface area contributed by atoms with Crippen molar-refractivity contribution in [2.75, 3.05) is 19.3 Å². The zero-order valence-corrected chi connectivity index (χ0v) is 18.9.